The van der Waals surface area contributed by atoms with Gasteiger partial charge in [0.15, 0.2) is 5.78 Å². The highest BCUT2D eigenvalue weighted by Gasteiger charge is 1.98. The molecule has 0 aromatic carbocycles. The summed E-state index contributed by atoms with van der Waals surface area (Å²) < 4.78 is 0. The maximum atomic E-state index is 10.7. The number of nitrogens with zero attached hydrogens (tertiary/aromatic N) is 1. The fourth-order valence-corrected chi connectivity index (χ4v) is 0.778. The lowest BCUT2D eigenvalue weighted by atomic mass is 10.2. The highest BCUT2D eigenvalue weighted by Crippen LogP contribution is 2.08. The lowest BCUT2D eigenvalue weighted by Crippen LogP contribution is -1.91. The van der Waals surface area contributed by atoms with Crippen LogP contribution in [0.25, 0.3) is 0 Å². The molecule has 0 atom stereocenters. The van der Waals surface area contributed by atoms with Crippen LogP contribution in [0.4, 0.5) is 0 Å². The van der Waals surface area contributed by atoms with Gasteiger partial charge in [0.2, 0.25) is 0 Å². The smallest absolute Gasteiger partial charge is 0.161 e. The fraction of sp³-hybridized carbons (Fsp3) is 0.143. The molecule has 0 saturated carbocycles. The molecule has 1 rings (SSSR count). The van der Waals surface area contributed by atoms with Crippen LogP contribution in [0.15, 0.2) is 18.5 Å². The zero-order valence-electron chi connectivity index (χ0n) is 5.47. The molecule has 0 amide bonds. The largest absolute Gasteiger partial charge is 0.294 e. The van der Waals surface area contributed by atoms with E-state index in [1.54, 1.807) is 6.07 Å². The second-order valence-electron chi connectivity index (χ2n) is 1.95. The molecule has 0 aliphatic heterocycles. The Balaban J connectivity index is 3.07. The molecule has 0 N–H and O–H groups in total. The van der Waals surface area contributed by atoms with Gasteiger partial charge in [0.25, 0.3) is 0 Å². The van der Waals surface area contributed by atoms with Crippen LogP contribution in [0, 0.1) is 0 Å². The molecule has 3 heteroatoms. The molecule has 52 valence electrons. The molecule has 0 aliphatic rings. The van der Waals surface area contributed by atoms with Crippen molar-refractivity contribution in [2.75, 3.05) is 0 Å². The predicted octanol–water partition coefficient (Wildman–Crippen LogP) is 1.94. The van der Waals surface area contributed by atoms with E-state index in [1.165, 1.54) is 19.3 Å². The van der Waals surface area contributed by atoms with Crippen molar-refractivity contribution < 1.29 is 4.79 Å². The molecule has 1 aromatic heterocycles. The van der Waals surface area contributed by atoms with Gasteiger partial charge >= 0.3 is 0 Å². The summed E-state index contributed by atoms with van der Waals surface area (Å²) in [7, 11) is 0. The van der Waals surface area contributed by atoms with Crippen molar-refractivity contribution in [1.29, 1.82) is 0 Å². The Bertz CT molecular complexity index is 260. The van der Waals surface area contributed by atoms with Crippen LogP contribution in [0.1, 0.15) is 17.3 Å². The molecule has 10 heavy (non-hydrogen) atoms. The summed E-state index contributed by atoms with van der Waals surface area (Å²) in [4.78, 5) is 14.5. The molecular weight excluding hydrogens is 150 g/mol. The lowest BCUT2D eigenvalue weighted by molar-refractivity contribution is 0.101. The number of pyridine rings is 1. The van der Waals surface area contributed by atoms with Gasteiger partial charge in [-0.05, 0) is 13.0 Å². The second-order valence-corrected chi connectivity index (χ2v) is 2.38. The monoisotopic (exact) mass is 155 g/mol. The van der Waals surface area contributed by atoms with Crippen LogP contribution in [0.2, 0.25) is 5.02 Å². The SMILES string of the molecule is CC(=O)c1cncc(Cl)c1. The van der Waals surface area contributed by atoms with Crippen molar-refractivity contribution in [3.8, 4) is 0 Å². The van der Waals surface area contributed by atoms with Gasteiger partial charge in [0.05, 0.1) is 5.02 Å². The van der Waals surface area contributed by atoms with E-state index < -0.39 is 0 Å². The number of Topliss-reactive ketones (excluding diaryl/α,β-unsaturated/α-hetero) is 1. The molecule has 0 saturated heterocycles. The average molecular weight is 156 g/mol. The van der Waals surface area contributed by atoms with Crippen molar-refractivity contribution in [2.24, 2.45) is 0 Å². The molecule has 1 aromatic rings. The van der Waals surface area contributed by atoms with Gasteiger partial charge in [-0.25, -0.2) is 0 Å². The number of hydrogen-bond acceptors (Lipinski definition) is 2. The Morgan fingerprint density at radius 2 is 2.30 bits per heavy atom. The summed E-state index contributed by atoms with van der Waals surface area (Å²) in [6.45, 7) is 1.48. The Morgan fingerprint density at radius 3 is 2.70 bits per heavy atom. The molecule has 0 spiro atoms. The first-order chi connectivity index (χ1) is 4.70. The van der Waals surface area contributed by atoms with Gasteiger partial charge in [-0.1, -0.05) is 11.6 Å². The Hall–Kier alpha value is -0.890. The first-order valence-electron chi connectivity index (χ1n) is 2.81. The molecule has 0 aliphatic carbocycles. The number of rotatable bonds is 1. The van der Waals surface area contributed by atoms with Gasteiger partial charge < -0.3 is 0 Å². The van der Waals surface area contributed by atoms with Gasteiger partial charge in [-0.15, -0.1) is 0 Å². The number of carbonyl (C=O) groups excluding carboxylic acids is 1. The highest BCUT2D eigenvalue weighted by atomic mass is 35.5. The normalized spacial score (nSPS) is 9.40. The molecule has 1 heterocycles. The number of carbonyl (C=O) groups is 1. The Labute approximate surface area is 63.8 Å². The molecule has 0 radical (unpaired) electrons. The third-order valence-corrected chi connectivity index (χ3v) is 1.32. The van der Waals surface area contributed by atoms with E-state index in [-0.39, 0.29) is 5.78 Å². The first-order valence-corrected chi connectivity index (χ1v) is 3.19. The van der Waals surface area contributed by atoms with Crippen molar-refractivity contribution in [3.63, 3.8) is 0 Å². The van der Waals surface area contributed by atoms with E-state index in [1.807, 2.05) is 0 Å². The predicted molar refractivity (Wildman–Crippen MR) is 39.3 cm³/mol. The quantitative estimate of drug-likeness (QED) is 0.580. The zero-order valence-corrected chi connectivity index (χ0v) is 6.22. The first kappa shape index (κ1) is 7.22. The van der Waals surface area contributed by atoms with Gasteiger partial charge in [-0.2, -0.15) is 0 Å². The molecule has 0 bridgehead atoms. The van der Waals surface area contributed by atoms with Gasteiger partial charge in [0.1, 0.15) is 0 Å². The minimum Gasteiger partial charge on any atom is -0.294 e. The van der Waals surface area contributed by atoms with E-state index in [4.69, 9.17) is 11.6 Å². The minimum absolute atomic E-state index is 0.0185. The van der Waals surface area contributed by atoms with E-state index in [0.29, 0.717) is 10.6 Å². The number of halogens is 1. The topological polar surface area (TPSA) is 30.0 Å². The summed E-state index contributed by atoms with van der Waals surface area (Å²) in [5, 5.41) is 0.493. The summed E-state index contributed by atoms with van der Waals surface area (Å²) >= 11 is 5.57. The number of hydrogen-bond donors (Lipinski definition) is 0. The van der Waals surface area contributed by atoms with E-state index in [2.05, 4.69) is 4.98 Å². The highest BCUT2D eigenvalue weighted by molar-refractivity contribution is 6.30. The number of aromatic nitrogens is 1. The van der Waals surface area contributed by atoms with Crippen LogP contribution in [0.3, 0.4) is 0 Å². The third-order valence-electron chi connectivity index (χ3n) is 1.11. The van der Waals surface area contributed by atoms with Crippen molar-refractivity contribution in [3.05, 3.63) is 29.0 Å². The maximum Gasteiger partial charge on any atom is 0.161 e. The maximum absolute atomic E-state index is 10.7. The van der Waals surface area contributed by atoms with E-state index in [9.17, 15) is 4.79 Å². The van der Waals surface area contributed by atoms with Gasteiger partial charge in [0, 0.05) is 18.0 Å². The summed E-state index contributed by atoms with van der Waals surface area (Å²) in [5.41, 5.74) is 0.549. The lowest BCUT2D eigenvalue weighted by Gasteiger charge is -1.92. The molecule has 0 fully saturated rings. The van der Waals surface area contributed by atoms with Crippen molar-refractivity contribution >= 4 is 17.4 Å². The third kappa shape index (κ3) is 1.54. The molecule has 0 unspecified atom stereocenters. The summed E-state index contributed by atoms with van der Waals surface area (Å²) in [5.74, 6) is -0.0185. The van der Waals surface area contributed by atoms with Crippen LogP contribution >= 0.6 is 11.6 Å². The summed E-state index contributed by atoms with van der Waals surface area (Å²) in [6.07, 6.45) is 2.99. The zero-order chi connectivity index (χ0) is 7.56. The van der Waals surface area contributed by atoms with Crippen LogP contribution in [0.5, 0.6) is 0 Å². The number of ketones is 1. The van der Waals surface area contributed by atoms with Crippen LogP contribution < -0.4 is 0 Å². The Morgan fingerprint density at radius 1 is 1.60 bits per heavy atom. The second kappa shape index (κ2) is 2.80. The van der Waals surface area contributed by atoms with Gasteiger partial charge in [-0.3, -0.25) is 9.78 Å². The fourth-order valence-electron chi connectivity index (χ4n) is 0.604. The Kier molecular flexibility index (Phi) is 2.02. The van der Waals surface area contributed by atoms with Crippen molar-refractivity contribution in [2.45, 2.75) is 6.92 Å². The van der Waals surface area contributed by atoms with Crippen LogP contribution in [-0.2, 0) is 0 Å². The van der Waals surface area contributed by atoms with Crippen LogP contribution in [-0.4, -0.2) is 10.8 Å². The minimum atomic E-state index is -0.0185. The van der Waals surface area contributed by atoms with Crippen molar-refractivity contribution in [1.82, 2.24) is 4.98 Å². The van der Waals surface area contributed by atoms with E-state index >= 15 is 0 Å². The molecule has 2 nitrogen and oxygen atoms in total. The average Bonchev–Trinajstić information content (AvgIpc) is 1.88. The standard InChI is InChI=1S/C7H6ClNO/c1-5(10)6-2-7(8)4-9-3-6/h2-4H,1H3. The summed E-state index contributed by atoms with van der Waals surface area (Å²) in [6, 6.07) is 1.59. The molecular formula is C7H6ClNO. The van der Waals surface area contributed by atoms with E-state index in [0.717, 1.165) is 0 Å².